The lowest BCUT2D eigenvalue weighted by Gasteiger charge is -2.08. The number of hydrogen-bond acceptors (Lipinski definition) is 3. The van der Waals surface area contributed by atoms with Gasteiger partial charge in [-0.25, -0.2) is 13.6 Å². The summed E-state index contributed by atoms with van der Waals surface area (Å²) in [6.45, 7) is -0.269. The van der Waals surface area contributed by atoms with Crippen LogP contribution in [-0.4, -0.2) is 18.4 Å². The molecule has 2 aromatic rings. The van der Waals surface area contributed by atoms with Gasteiger partial charge in [0.25, 0.3) is 0 Å². The largest absolute Gasteiger partial charge is 0.330 e. The number of anilines is 1. The SMILES string of the molecule is O=C(NCC(=O)c1ccc(Br)s1)Nc1c(F)cccc1F. The second-order valence-corrected chi connectivity index (χ2v) is 6.39. The van der Waals surface area contributed by atoms with Gasteiger partial charge in [-0.15, -0.1) is 11.3 Å². The molecule has 0 spiro atoms. The highest BCUT2D eigenvalue weighted by atomic mass is 79.9. The Kier molecular flexibility index (Phi) is 5.03. The van der Waals surface area contributed by atoms with Gasteiger partial charge in [0.05, 0.1) is 15.2 Å². The van der Waals surface area contributed by atoms with E-state index in [4.69, 9.17) is 0 Å². The summed E-state index contributed by atoms with van der Waals surface area (Å²) in [5, 5.41) is 4.28. The Morgan fingerprint density at radius 3 is 2.38 bits per heavy atom. The van der Waals surface area contributed by atoms with E-state index in [9.17, 15) is 18.4 Å². The summed E-state index contributed by atoms with van der Waals surface area (Å²) >= 11 is 4.46. The Labute approximate surface area is 131 Å². The van der Waals surface area contributed by atoms with E-state index < -0.39 is 23.4 Å². The molecule has 1 heterocycles. The van der Waals surface area contributed by atoms with Crippen molar-refractivity contribution in [2.45, 2.75) is 0 Å². The van der Waals surface area contributed by atoms with Crippen LogP contribution < -0.4 is 10.6 Å². The number of rotatable bonds is 4. The number of halogens is 3. The third kappa shape index (κ3) is 4.08. The average molecular weight is 375 g/mol. The third-order valence-electron chi connectivity index (χ3n) is 2.46. The fourth-order valence-corrected chi connectivity index (χ4v) is 2.81. The minimum atomic E-state index is -0.890. The molecule has 110 valence electrons. The molecule has 0 radical (unpaired) electrons. The molecular formula is C13H9BrF2N2O2S. The molecular weight excluding hydrogens is 366 g/mol. The van der Waals surface area contributed by atoms with Crippen LogP contribution in [0, 0.1) is 11.6 Å². The number of nitrogens with one attached hydrogen (secondary N) is 2. The zero-order chi connectivity index (χ0) is 15.4. The zero-order valence-electron chi connectivity index (χ0n) is 10.5. The molecule has 2 rings (SSSR count). The van der Waals surface area contributed by atoms with E-state index in [2.05, 4.69) is 21.2 Å². The Morgan fingerprint density at radius 2 is 1.81 bits per heavy atom. The van der Waals surface area contributed by atoms with E-state index in [1.165, 1.54) is 17.4 Å². The minimum Gasteiger partial charge on any atom is -0.330 e. The quantitative estimate of drug-likeness (QED) is 0.799. The number of thiophene rings is 1. The van der Waals surface area contributed by atoms with Gasteiger partial charge in [-0.05, 0) is 40.2 Å². The van der Waals surface area contributed by atoms with Crippen LogP contribution in [0.4, 0.5) is 19.3 Å². The van der Waals surface area contributed by atoms with E-state index >= 15 is 0 Å². The van der Waals surface area contributed by atoms with E-state index in [1.54, 1.807) is 12.1 Å². The lowest BCUT2D eigenvalue weighted by Crippen LogP contribution is -2.33. The van der Waals surface area contributed by atoms with Crippen LogP contribution in [0.1, 0.15) is 9.67 Å². The molecule has 0 saturated heterocycles. The fourth-order valence-electron chi connectivity index (χ4n) is 1.49. The summed E-state index contributed by atoms with van der Waals surface area (Å²) in [6.07, 6.45) is 0. The first-order valence-corrected chi connectivity index (χ1v) is 7.35. The van der Waals surface area contributed by atoms with Crippen molar-refractivity contribution in [1.29, 1.82) is 0 Å². The number of benzene rings is 1. The van der Waals surface area contributed by atoms with Crippen molar-refractivity contribution in [2.24, 2.45) is 0 Å². The molecule has 2 amide bonds. The van der Waals surface area contributed by atoms with Crippen molar-refractivity contribution in [2.75, 3.05) is 11.9 Å². The number of amides is 2. The second-order valence-electron chi connectivity index (χ2n) is 3.93. The standard InChI is InChI=1S/C13H9BrF2N2O2S/c14-11-5-4-10(21-11)9(19)6-17-13(20)18-12-7(15)2-1-3-8(12)16/h1-5H,6H2,(H2,17,18,20). The molecule has 0 aliphatic rings. The van der Waals surface area contributed by atoms with Crippen LogP contribution >= 0.6 is 27.3 Å². The summed E-state index contributed by atoms with van der Waals surface area (Å²) in [5.41, 5.74) is -0.554. The number of Topliss-reactive ketones (excluding diaryl/α,β-unsaturated/α-hetero) is 1. The molecule has 1 aromatic carbocycles. The molecule has 4 nitrogen and oxygen atoms in total. The summed E-state index contributed by atoms with van der Waals surface area (Å²) in [5.74, 6) is -2.08. The predicted molar refractivity (Wildman–Crippen MR) is 79.7 cm³/mol. The maximum Gasteiger partial charge on any atom is 0.319 e. The maximum atomic E-state index is 13.3. The highest BCUT2D eigenvalue weighted by Crippen LogP contribution is 2.22. The molecule has 8 heteroatoms. The molecule has 2 N–H and O–H groups in total. The molecule has 0 saturated carbocycles. The van der Waals surface area contributed by atoms with E-state index in [-0.39, 0.29) is 12.3 Å². The highest BCUT2D eigenvalue weighted by molar-refractivity contribution is 9.11. The normalized spacial score (nSPS) is 10.2. The second kappa shape index (κ2) is 6.77. The van der Waals surface area contributed by atoms with Gasteiger partial charge in [-0.2, -0.15) is 0 Å². The van der Waals surface area contributed by atoms with Gasteiger partial charge in [-0.1, -0.05) is 6.07 Å². The Balaban J connectivity index is 1.92. The summed E-state index contributed by atoms with van der Waals surface area (Å²) in [7, 11) is 0. The number of urea groups is 1. The van der Waals surface area contributed by atoms with E-state index in [0.29, 0.717) is 4.88 Å². The summed E-state index contributed by atoms with van der Waals surface area (Å²) in [4.78, 5) is 23.8. The van der Waals surface area contributed by atoms with Crippen molar-refractivity contribution < 1.29 is 18.4 Å². The van der Waals surface area contributed by atoms with Gasteiger partial charge < -0.3 is 10.6 Å². The lowest BCUT2D eigenvalue weighted by atomic mass is 10.3. The molecule has 1 aromatic heterocycles. The number of carbonyl (C=O) groups is 2. The lowest BCUT2D eigenvalue weighted by molar-refractivity contribution is 0.0997. The summed E-state index contributed by atoms with van der Waals surface area (Å²) < 4.78 is 27.4. The Hall–Kier alpha value is -1.80. The number of carbonyl (C=O) groups excluding carboxylic acids is 2. The fraction of sp³-hybridized carbons (Fsp3) is 0.0769. The highest BCUT2D eigenvalue weighted by Gasteiger charge is 2.14. The van der Waals surface area contributed by atoms with Gasteiger partial charge >= 0.3 is 6.03 Å². The van der Waals surface area contributed by atoms with Crippen LogP contribution in [0.5, 0.6) is 0 Å². The van der Waals surface area contributed by atoms with Crippen LogP contribution in [0.15, 0.2) is 34.1 Å². The van der Waals surface area contributed by atoms with Crippen molar-refractivity contribution in [3.05, 3.63) is 50.6 Å². The van der Waals surface area contributed by atoms with E-state index in [0.717, 1.165) is 15.9 Å². The predicted octanol–water partition coefficient (Wildman–Crippen LogP) is 3.79. The van der Waals surface area contributed by atoms with Crippen LogP contribution in [0.25, 0.3) is 0 Å². The average Bonchev–Trinajstić information content (AvgIpc) is 2.87. The number of hydrogen-bond donors (Lipinski definition) is 2. The van der Waals surface area contributed by atoms with Gasteiger partial charge in [0.15, 0.2) is 5.78 Å². The van der Waals surface area contributed by atoms with Crippen molar-refractivity contribution in [3.63, 3.8) is 0 Å². The van der Waals surface area contributed by atoms with Crippen LogP contribution in [0.2, 0.25) is 0 Å². The van der Waals surface area contributed by atoms with Gasteiger partial charge in [-0.3, -0.25) is 4.79 Å². The first-order chi connectivity index (χ1) is 9.97. The first-order valence-electron chi connectivity index (χ1n) is 5.75. The molecule has 0 bridgehead atoms. The monoisotopic (exact) mass is 374 g/mol. The molecule has 0 aliphatic carbocycles. The molecule has 21 heavy (non-hydrogen) atoms. The molecule has 0 aliphatic heterocycles. The van der Waals surface area contributed by atoms with Gasteiger partial charge in [0, 0.05) is 0 Å². The maximum absolute atomic E-state index is 13.3. The van der Waals surface area contributed by atoms with Crippen molar-refractivity contribution >= 4 is 44.8 Å². The van der Waals surface area contributed by atoms with Gasteiger partial charge in [0.1, 0.15) is 17.3 Å². The number of para-hydroxylation sites is 1. The van der Waals surface area contributed by atoms with E-state index in [1.807, 2.05) is 5.32 Å². The van der Waals surface area contributed by atoms with Crippen LogP contribution in [-0.2, 0) is 0 Å². The Bertz CT molecular complexity index is 670. The molecule has 0 atom stereocenters. The molecule has 0 unspecified atom stereocenters. The zero-order valence-corrected chi connectivity index (χ0v) is 12.9. The van der Waals surface area contributed by atoms with Crippen molar-refractivity contribution in [1.82, 2.24) is 5.32 Å². The summed E-state index contributed by atoms with van der Waals surface area (Å²) in [6, 6.07) is 5.70. The van der Waals surface area contributed by atoms with Gasteiger partial charge in [0.2, 0.25) is 0 Å². The van der Waals surface area contributed by atoms with Crippen LogP contribution in [0.3, 0.4) is 0 Å². The van der Waals surface area contributed by atoms with Crippen molar-refractivity contribution in [3.8, 4) is 0 Å². The minimum absolute atomic E-state index is 0.269. The third-order valence-corrected chi connectivity index (χ3v) is 4.12. The first kappa shape index (κ1) is 15.6. The topological polar surface area (TPSA) is 58.2 Å². The number of ketones is 1. The Morgan fingerprint density at radius 1 is 1.14 bits per heavy atom. The smallest absolute Gasteiger partial charge is 0.319 e. The molecule has 0 fully saturated rings.